The van der Waals surface area contributed by atoms with Gasteiger partial charge in [0.15, 0.2) is 5.78 Å². The molecule has 0 amide bonds. The Morgan fingerprint density at radius 1 is 1.47 bits per heavy atom. The fourth-order valence-electron chi connectivity index (χ4n) is 1.48. The van der Waals surface area contributed by atoms with Crippen LogP contribution in [0.15, 0.2) is 18.2 Å². The molecular weight excluding hydrogens is 216 g/mol. The molecule has 3 N–H and O–H groups in total. The fraction of sp³-hybridized carbons (Fsp3) is 0.462. The predicted octanol–water partition coefficient (Wildman–Crippen LogP) is 2.31. The number of nitrogens with two attached hydrogens (primary N) is 1. The van der Waals surface area contributed by atoms with E-state index in [1.165, 1.54) is 6.92 Å². The van der Waals surface area contributed by atoms with Gasteiger partial charge in [0.1, 0.15) is 0 Å². The molecule has 0 spiro atoms. The van der Waals surface area contributed by atoms with Crippen LogP contribution >= 0.6 is 0 Å². The van der Waals surface area contributed by atoms with Crippen LogP contribution in [0.3, 0.4) is 0 Å². The lowest BCUT2D eigenvalue weighted by molar-refractivity contribution is 0.0870. The zero-order valence-electron chi connectivity index (χ0n) is 10.6. The van der Waals surface area contributed by atoms with Crippen LogP contribution in [0.2, 0.25) is 0 Å². The van der Waals surface area contributed by atoms with Gasteiger partial charge < -0.3 is 15.8 Å². The van der Waals surface area contributed by atoms with Crippen LogP contribution in [-0.4, -0.2) is 25.0 Å². The highest BCUT2D eigenvalue weighted by atomic mass is 16.5. The van der Waals surface area contributed by atoms with Crippen molar-refractivity contribution < 1.29 is 9.53 Å². The molecule has 0 saturated heterocycles. The molecule has 1 aromatic rings. The van der Waals surface area contributed by atoms with Crippen molar-refractivity contribution in [2.45, 2.75) is 26.9 Å². The first-order chi connectivity index (χ1) is 8.00. The molecule has 0 heterocycles. The quantitative estimate of drug-likeness (QED) is 0.452. The molecule has 0 aliphatic carbocycles. The number of benzene rings is 1. The summed E-state index contributed by atoms with van der Waals surface area (Å²) in [4.78, 5) is 11.2. The van der Waals surface area contributed by atoms with Gasteiger partial charge in [0.2, 0.25) is 0 Å². The molecule has 17 heavy (non-hydrogen) atoms. The third-order valence-corrected chi connectivity index (χ3v) is 2.31. The lowest BCUT2D eigenvalue weighted by Gasteiger charge is -2.11. The number of nitrogens with one attached hydrogen (secondary N) is 1. The monoisotopic (exact) mass is 236 g/mol. The highest BCUT2D eigenvalue weighted by Gasteiger charge is 2.04. The molecule has 0 radical (unpaired) electrons. The summed E-state index contributed by atoms with van der Waals surface area (Å²) in [6.07, 6.45) is 0.238. The number of hydrogen-bond donors (Lipinski definition) is 2. The molecule has 94 valence electrons. The first kappa shape index (κ1) is 13.5. The first-order valence-electron chi connectivity index (χ1n) is 5.76. The number of Topliss-reactive ketones (excluding diaryl/α,β-unsaturated/α-hetero) is 1. The minimum absolute atomic E-state index is 0.0165. The lowest BCUT2D eigenvalue weighted by atomic mass is 10.1. The van der Waals surface area contributed by atoms with Gasteiger partial charge in [-0.15, -0.1) is 0 Å². The molecule has 1 rings (SSSR count). The van der Waals surface area contributed by atoms with E-state index in [-0.39, 0.29) is 11.9 Å². The molecule has 0 unspecified atom stereocenters. The zero-order valence-corrected chi connectivity index (χ0v) is 10.6. The summed E-state index contributed by atoms with van der Waals surface area (Å²) in [6.45, 7) is 6.87. The van der Waals surface area contributed by atoms with Crippen molar-refractivity contribution in [3.05, 3.63) is 23.8 Å². The Morgan fingerprint density at radius 2 is 2.18 bits per heavy atom. The van der Waals surface area contributed by atoms with Crippen molar-refractivity contribution in [3.8, 4) is 0 Å². The Labute approximate surface area is 102 Å². The Bertz CT molecular complexity index is 389. The van der Waals surface area contributed by atoms with Crippen molar-refractivity contribution in [2.75, 3.05) is 24.2 Å². The maximum Gasteiger partial charge on any atom is 0.161 e. The summed E-state index contributed by atoms with van der Waals surface area (Å²) in [7, 11) is 0. The Kier molecular flexibility index (Phi) is 4.97. The molecule has 1 aromatic carbocycles. The molecular formula is C13H20N2O2. The van der Waals surface area contributed by atoms with Crippen LogP contribution in [0.5, 0.6) is 0 Å². The van der Waals surface area contributed by atoms with Crippen LogP contribution in [-0.2, 0) is 4.74 Å². The number of carbonyl (C=O) groups is 1. The van der Waals surface area contributed by atoms with E-state index >= 15 is 0 Å². The van der Waals surface area contributed by atoms with Crippen LogP contribution in [0.25, 0.3) is 0 Å². The molecule has 0 saturated carbocycles. The molecule has 0 aliphatic rings. The van der Waals surface area contributed by atoms with Gasteiger partial charge in [0.05, 0.1) is 12.7 Å². The topological polar surface area (TPSA) is 64.3 Å². The van der Waals surface area contributed by atoms with Gasteiger partial charge in [-0.05, 0) is 39.0 Å². The largest absolute Gasteiger partial charge is 0.398 e. The maximum atomic E-state index is 11.2. The molecule has 0 aliphatic heterocycles. The third kappa shape index (κ3) is 4.44. The van der Waals surface area contributed by atoms with Gasteiger partial charge in [-0.3, -0.25) is 4.79 Å². The van der Waals surface area contributed by atoms with Crippen molar-refractivity contribution >= 4 is 17.2 Å². The van der Waals surface area contributed by atoms with Crippen molar-refractivity contribution in [2.24, 2.45) is 0 Å². The summed E-state index contributed by atoms with van der Waals surface area (Å²) in [5.74, 6) is -0.0165. The smallest absolute Gasteiger partial charge is 0.161 e. The van der Waals surface area contributed by atoms with Gasteiger partial charge in [-0.25, -0.2) is 0 Å². The van der Waals surface area contributed by atoms with E-state index in [0.717, 1.165) is 12.2 Å². The molecule has 4 heteroatoms. The number of carbonyl (C=O) groups excluding carboxylic acids is 1. The first-order valence-corrected chi connectivity index (χ1v) is 5.76. The summed E-state index contributed by atoms with van der Waals surface area (Å²) >= 11 is 0. The molecule has 0 aromatic heterocycles. The second-order valence-electron chi connectivity index (χ2n) is 4.20. The number of nitrogen functional groups attached to an aromatic ring is 1. The van der Waals surface area contributed by atoms with E-state index in [2.05, 4.69) is 5.32 Å². The standard InChI is InChI=1S/C13H20N2O2/c1-9(2)17-7-6-15-11-4-5-12(10(3)16)13(14)8-11/h4-5,8-9,15H,6-7,14H2,1-3H3. The highest BCUT2D eigenvalue weighted by molar-refractivity contribution is 5.99. The van der Waals surface area contributed by atoms with Crippen molar-refractivity contribution in [1.82, 2.24) is 0 Å². The van der Waals surface area contributed by atoms with Gasteiger partial charge in [-0.2, -0.15) is 0 Å². The number of rotatable bonds is 6. The Morgan fingerprint density at radius 3 is 2.71 bits per heavy atom. The number of ketones is 1. The van der Waals surface area contributed by atoms with Crippen LogP contribution in [0.1, 0.15) is 31.1 Å². The average molecular weight is 236 g/mol. The van der Waals surface area contributed by atoms with Crippen LogP contribution < -0.4 is 11.1 Å². The van der Waals surface area contributed by atoms with E-state index in [0.29, 0.717) is 17.9 Å². The Balaban J connectivity index is 2.50. The Hall–Kier alpha value is -1.55. The van der Waals surface area contributed by atoms with Gasteiger partial charge >= 0.3 is 0 Å². The minimum atomic E-state index is -0.0165. The summed E-state index contributed by atoms with van der Waals surface area (Å²) in [5, 5.41) is 3.19. The number of anilines is 2. The zero-order chi connectivity index (χ0) is 12.8. The van der Waals surface area contributed by atoms with E-state index in [1.807, 2.05) is 19.9 Å². The molecule has 0 fully saturated rings. The van der Waals surface area contributed by atoms with E-state index < -0.39 is 0 Å². The lowest BCUT2D eigenvalue weighted by Crippen LogP contribution is -2.13. The SMILES string of the molecule is CC(=O)c1ccc(NCCOC(C)C)cc1N. The summed E-state index contributed by atoms with van der Waals surface area (Å²) in [6, 6.07) is 5.36. The van der Waals surface area contributed by atoms with Gasteiger partial charge in [0.25, 0.3) is 0 Å². The molecule has 4 nitrogen and oxygen atoms in total. The summed E-state index contributed by atoms with van der Waals surface area (Å²) in [5.41, 5.74) is 7.76. The van der Waals surface area contributed by atoms with Crippen molar-refractivity contribution in [1.29, 1.82) is 0 Å². The van der Waals surface area contributed by atoms with Gasteiger partial charge in [-0.1, -0.05) is 0 Å². The second kappa shape index (κ2) is 6.25. The molecule has 0 bridgehead atoms. The third-order valence-electron chi connectivity index (χ3n) is 2.31. The van der Waals surface area contributed by atoms with Crippen LogP contribution in [0.4, 0.5) is 11.4 Å². The number of hydrogen-bond acceptors (Lipinski definition) is 4. The minimum Gasteiger partial charge on any atom is -0.398 e. The highest BCUT2D eigenvalue weighted by Crippen LogP contribution is 2.18. The molecule has 0 atom stereocenters. The fourth-order valence-corrected chi connectivity index (χ4v) is 1.48. The maximum absolute atomic E-state index is 11.2. The summed E-state index contributed by atoms with van der Waals surface area (Å²) < 4.78 is 5.41. The van der Waals surface area contributed by atoms with E-state index in [4.69, 9.17) is 10.5 Å². The van der Waals surface area contributed by atoms with Crippen molar-refractivity contribution in [3.63, 3.8) is 0 Å². The number of ether oxygens (including phenoxy) is 1. The van der Waals surface area contributed by atoms with Crippen LogP contribution in [0, 0.1) is 0 Å². The normalized spacial score (nSPS) is 10.6. The predicted molar refractivity (Wildman–Crippen MR) is 70.4 cm³/mol. The van der Waals surface area contributed by atoms with Gasteiger partial charge in [0, 0.05) is 23.5 Å². The second-order valence-corrected chi connectivity index (χ2v) is 4.20. The average Bonchev–Trinajstić information content (AvgIpc) is 2.23. The van der Waals surface area contributed by atoms with E-state index in [1.54, 1.807) is 12.1 Å². The van der Waals surface area contributed by atoms with E-state index in [9.17, 15) is 4.79 Å².